The summed E-state index contributed by atoms with van der Waals surface area (Å²) in [6, 6.07) is 14.1. The maximum Gasteiger partial charge on any atom is 0.279 e. The van der Waals surface area contributed by atoms with Gasteiger partial charge in [-0.25, -0.2) is 4.68 Å². The standard InChI is InChI=1S/C22H22N4OS/c1-5-23-22-26(19(13-28-22)16-11-10-14(2)15(3)12-16)24-20-17-8-6-7-9-18(17)25(4)21(20)27/h6-13H,5H2,1-4H3. The number of anilines is 1. The molecule has 28 heavy (non-hydrogen) atoms. The number of benzene rings is 2. The molecule has 1 aromatic heterocycles. The van der Waals surface area contributed by atoms with E-state index in [0.717, 1.165) is 27.3 Å². The van der Waals surface area contributed by atoms with Gasteiger partial charge < -0.3 is 4.90 Å². The number of nitrogens with zero attached hydrogens (tertiary/aromatic N) is 4. The van der Waals surface area contributed by atoms with E-state index in [1.807, 2.05) is 31.2 Å². The molecule has 6 heteroatoms. The molecule has 1 amide bonds. The summed E-state index contributed by atoms with van der Waals surface area (Å²) in [5, 5.41) is 6.85. The molecule has 2 aromatic carbocycles. The summed E-state index contributed by atoms with van der Waals surface area (Å²) >= 11 is 1.54. The van der Waals surface area contributed by atoms with Gasteiger partial charge in [-0.15, -0.1) is 11.3 Å². The summed E-state index contributed by atoms with van der Waals surface area (Å²) in [7, 11) is 1.78. The summed E-state index contributed by atoms with van der Waals surface area (Å²) in [5.41, 5.74) is 6.64. The predicted molar refractivity (Wildman–Crippen MR) is 115 cm³/mol. The Kier molecular flexibility index (Phi) is 4.73. The molecule has 5 nitrogen and oxygen atoms in total. The van der Waals surface area contributed by atoms with Crippen molar-refractivity contribution >= 4 is 28.6 Å². The molecule has 0 spiro atoms. The monoisotopic (exact) mass is 390 g/mol. The molecule has 0 aliphatic carbocycles. The van der Waals surface area contributed by atoms with Crippen LogP contribution in [0.1, 0.15) is 23.6 Å². The molecule has 0 fully saturated rings. The molecule has 142 valence electrons. The number of hydrogen-bond donors (Lipinski definition) is 0. The molecule has 0 saturated carbocycles. The Hall–Kier alpha value is -2.99. The van der Waals surface area contributed by atoms with Gasteiger partial charge in [-0.05, 0) is 44.0 Å². The number of thiazole rings is 1. The number of rotatable bonds is 3. The van der Waals surface area contributed by atoms with Crippen LogP contribution in [0.2, 0.25) is 0 Å². The Bertz CT molecular complexity index is 1170. The molecule has 2 heterocycles. The maximum atomic E-state index is 12.9. The lowest BCUT2D eigenvalue weighted by Gasteiger charge is -2.08. The SMILES string of the molecule is CCN=c1scc(-c2ccc(C)c(C)c2)n1N=C1C(=O)N(C)c2ccccc21. The minimum atomic E-state index is -0.103. The van der Waals surface area contributed by atoms with E-state index in [1.165, 1.54) is 22.5 Å². The van der Waals surface area contributed by atoms with E-state index in [-0.39, 0.29) is 5.91 Å². The van der Waals surface area contributed by atoms with Crippen LogP contribution < -0.4 is 9.70 Å². The van der Waals surface area contributed by atoms with Gasteiger partial charge >= 0.3 is 0 Å². The Morgan fingerprint density at radius 2 is 1.86 bits per heavy atom. The van der Waals surface area contributed by atoms with Crippen molar-refractivity contribution in [1.29, 1.82) is 0 Å². The van der Waals surface area contributed by atoms with Crippen LogP contribution in [0.25, 0.3) is 11.3 Å². The highest BCUT2D eigenvalue weighted by molar-refractivity contribution is 7.07. The number of likely N-dealkylation sites (N-methyl/N-ethyl adjacent to an activating group) is 1. The fourth-order valence-electron chi connectivity index (χ4n) is 3.29. The number of fused-ring (bicyclic) bond motifs is 1. The molecule has 3 aromatic rings. The molecule has 0 N–H and O–H groups in total. The van der Waals surface area contributed by atoms with Gasteiger partial charge in [0.05, 0.1) is 11.4 Å². The van der Waals surface area contributed by atoms with E-state index in [1.54, 1.807) is 16.6 Å². The first kappa shape index (κ1) is 18.4. The van der Waals surface area contributed by atoms with Crippen LogP contribution in [0.3, 0.4) is 0 Å². The lowest BCUT2D eigenvalue weighted by molar-refractivity contribution is -0.112. The van der Waals surface area contributed by atoms with Gasteiger partial charge in [0.1, 0.15) is 0 Å². The summed E-state index contributed by atoms with van der Waals surface area (Å²) in [6.45, 7) is 6.85. The van der Waals surface area contributed by atoms with E-state index in [0.29, 0.717) is 12.3 Å². The fraction of sp³-hybridized carbons (Fsp3) is 0.227. The topological polar surface area (TPSA) is 50.0 Å². The summed E-state index contributed by atoms with van der Waals surface area (Å²) in [4.78, 5) is 19.9. The van der Waals surface area contributed by atoms with Crippen molar-refractivity contribution in [2.75, 3.05) is 18.5 Å². The van der Waals surface area contributed by atoms with Gasteiger partial charge in [-0.3, -0.25) is 9.79 Å². The number of para-hydroxylation sites is 1. The first-order chi connectivity index (χ1) is 13.5. The molecule has 4 rings (SSSR count). The Morgan fingerprint density at radius 3 is 2.61 bits per heavy atom. The second-order valence-electron chi connectivity index (χ2n) is 6.82. The molecule has 0 unspecified atom stereocenters. The van der Waals surface area contributed by atoms with E-state index in [9.17, 15) is 4.79 Å². The molecule has 0 bridgehead atoms. The van der Waals surface area contributed by atoms with Gasteiger partial charge in [-0.2, -0.15) is 5.10 Å². The normalized spacial score (nSPS) is 15.6. The van der Waals surface area contributed by atoms with Gasteiger partial charge in [0.2, 0.25) is 4.80 Å². The van der Waals surface area contributed by atoms with Crippen LogP contribution in [-0.2, 0) is 4.79 Å². The van der Waals surface area contributed by atoms with Crippen LogP contribution in [0, 0.1) is 13.8 Å². The largest absolute Gasteiger partial charge is 0.309 e. The van der Waals surface area contributed by atoms with Crippen molar-refractivity contribution < 1.29 is 4.79 Å². The van der Waals surface area contributed by atoms with Crippen LogP contribution >= 0.6 is 11.3 Å². The number of carbonyl (C=O) groups is 1. The zero-order chi connectivity index (χ0) is 19.8. The Balaban J connectivity index is 1.94. The third-order valence-corrected chi connectivity index (χ3v) is 5.86. The molecule has 1 aliphatic heterocycles. The molecule has 1 aliphatic rings. The number of hydrogen-bond acceptors (Lipinski definition) is 4. The predicted octanol–water partition coefficient (Wildman–Crippen LogP) is 3.98. The van der Waals surface area contributed by atoms with Gasteiger partial charge in [0.25, 0.3) is 5.91 Å². The zero-order valence-electron chi connectivity index (χ0n) is 16.4. The van der Waals surface area contributed by atoms with Gasteiger partial charge in [-0.1, -0.05) is 30.3 Å². The minimum absolute atomic E-state index is 0.103. The number of aromatic nitrogens is 1. The Morgan fingerprint density at radius 1 is 1.07 bits per heavy atom. The van der Waals surface area contributed by atoms with Crippen LogP contribution in [0.5, 0.6) is 0 Å². The lowest BCUT2D eigenvalue weighted by atomic mass is 10.1. The number of carbonyl (C=O) groups excluding carboxylic acids is 1. The highest BCUT2D eigenvalue weighted by atomic mass is 32.1. The third-order valence-electron chi connectivity index (χ3n) is 5.01. The van der Waals surface area contributed by atoms with Crippen molar-refractivity contribution in [1.82, 2.24) is 4.68 Å². The quantitative estimate of drug-likeness (QED) is 0.667. The second-order valence-corrected chi connectivity index (χ2v) is 7.66. The summed E-state index contributed by atoms with van der Waals surface area (Å²) in [5.74, 6) is -0.103. The fourth-order valence-corrected chi connectivity index (χ4v) is 4.18. The van der Waals surface area contributed by atoms with Crippen LogP contribution in [0.15, 0.2) is 57.9 Å². The average Bonchev–Trinajstić information content (AvgIpc) is 3.19. The van der Waals surface area contributed by atoms with Crippen molar-refractivity contribution in [3.63, 3.8) is 0 Å². The first-order valence-electron chi connectivity index (χ1n) is 9.26. The van der Waals surface area contributed by atoms with Gasteiger partial charge in [0, 0.05) is 30.1 Å². The molecule has 0 atom stereocenters. The van der Waals surface area contributed by atoms with Crippen molar-refractivity contribution in [2.24, 2.45) is 10.1 Å². The van der Waals surface area contributed by atoms with Crippen molar-refractivity contribution in [2.45, 2.75) is 20.8 Å². The van der Waals surface area contributed by atoms with E-state index >= 15 is 0 Å². The highest BCUT2D eigenvalue weighted by Crippen LogP contribution is 2.29. The van der Waals surface area contributed by atoms with Crippen molar-refractivity contribution in [3.05, 3.63) is 69.3 Å². The van der Waals surface area contributed by atoms with E-state index in [4.69, 9.17) is 5.10 Å². The van der Waals surface area contributed by atoms with Crippen LogP contribution in [-0.4, -0.2) is 29.9 Å². The average molecular weight is 391 g/mol. The third kappa shape index (κ3) is 2.99. The summed E-state index contributed by atoms with van der Waals surface area (Å²) < 4.78 is 1.81. The highest BCUT2D eigenvalue weighted by Gasteiger charge is 2.31. The first-order valence-corrected chi connectivity index (χ1v) is 10.1. The molecule has 0 radical (unpaired) electrons. The van der Waals surface area contributed by atoms with Crippen molar-refractivity contribution in [3.8, 4) is 11.3 Å². The van der Waals surface area contributed by atoms with E-state index in [2.05, 4.69) is 42.4 Å². The zero-order valence-corrected chi connectivity index (χ0v) is 17.2. The Labute approximate surface area is 168 Å². The van der Waals surface area contributed by atoms with Crippen LogP contribution in [0.4, 0.5) is 5.69 Å². The minimum Gasteiger partial charge on any atom is -0.309 e. The maximum absolute atomic E-state index is 12.9. The summed E-state index contributed by atoms with van der Waals surface area (Å²) in [6.07, 6.45) is 0. The smallest absolute Gasteiger partial charge is 0.279 e. The number of amides is 1. The molecular weight excluding hydrogens is 368 g/mol. The molecule has 0 saturated heterocycles. The van der Waals surface area contributed by atoms with Gasteiger partial charge in [0.15, 0.2) is 5.71 Å². The number of aryl methyl sites for hydroxylation is 2. The second kappa shape index (κ2) is 7.20. The molecular formula is C22H22N4OS. The van der Waals surface area contributed by atoms with E-state index < -0.39 is 0 Å². The lowest BCUT2D eigenvalue weighted by Crippen LogP contribution is -2.27.